The van der Waals surface area contributed by atoms with Gasteiger partial charge < -0.3 is 20.2 Å². The summed E-state index contributed by atoms with van der Waals surface area (Å²) in [4.78, 5) is 2.07. The lowest BCUT2D eigenvalue weighted by molar-refractivity contribution is 0.163. The van der Waals surface area contributed by atoms with E-state index in [1.807, 2.05) is 42.5 Å². The molecule has 0 radical (unpaired) electrons. The van der Waals surface area contributed by atoms with Gasteiger partial charge >= 0.3 is 0 Å². The van der Waals surface area contributed by atoms with Gasteiger partial charge in [0.15, 0.2) is 0 Å². The molecule has 0 saturated carbocycles. The van der Waals surface area contributed by atoms with Crippen LogP contribution in [0.25, 0.3) is 11.1 Å². The molecule has 38 heavy (non-hydrogen) atoms. The Hall–Kier alpha value is -3.23. The van der Waals surface area contributed by atoms with Crippen molar-refractivity contribution in [1.29, 1.82) is 0 Å². The maximum absolute atomic E-state index is 13.3. The first-order valence-corrected chi connectivity index (χ1v) is 13.7. The third-order valence-corrected chi connectivity index (χ3v) is 8.59. The maximum atomic E-state index is 13.3. The monoisotopic (exact) mass is 545 g/mol. The average molecular weight is 546 g/mol. The van der Waals surface area contributed by atoms with Gasteiger partial charge in [-0.1, -0.05) is 90.7 Å². The predicted octanol–water partition coefficient (Wildman–Crippen LogP) is 7.15. The molecule has 0 amide bonds. The Kier molecular flexibility index (Phi) is 8.09. The van der Waals surface area contributed by atoms with Crippen molar-refractivity contribution < 1.29 is 19.7 Å². The number of benzene rings is 4. The molecule has 0 spiro atoms. The predicted molar refractivity (Wildman–Crippen MR) is 156 cm³/mol. The number of hydrogen-bond donors (Lipinski definition) is 3. The van der Waals surface area contributed by atoms with E-state index in [4.69, 9.17) is 12.2 Å². The van der Waals surface area contributed by atoms with E-state index in [2.05, 4.69) is 29.2 Å². The highest BCUT2D eigenvalue weighted by Crippen LogP contribution is 2.49. The number of thiocarbonyl (C=S) groups is 1. The highest BCUT2D eigenvalue weighted by atomic mass is 32.2. The van der Waals surface area contributed by atoms with Gasteiger partial charge in [-0.3, -0.25) is 0 Å². The number of hydrogen-bond acceptors (Lipinski definition) is 5. The summed E-state index contributed by atoms with van der Waals surface area (Å²) in [5.74, 6) is -0.240. The molecule has 3 N–H and O–H groups in total. The van der Waals surface area contributed by atoms with Crippen molar-refractivity contribution in [2.75, 3.05) is 4.90 Å². The molecule has 1 saturated heterocycles. The number of rotatable bonds is 8. The molecule has 1 aliphatic rings. The molecule has 0 unspecified atom stereocenters. The summed E-state index contributed by atoms with van der Waals surface area (Å²) in [5.41, 5.74) is 5.14. The van der Waals surface area contributed by atoms with E-state index in [1.54, 1.807) is 30.0 Å². The Morgan fingerprint density at radius 2 is 1.58 bits per heavy atom. The lowest BCUT2D eigenvalue weighted by Gasteiger charge is -2.30. The molecular weight excluding hydrogens is 517 g/mol. The fraction of sp³-hybridized carbons (Fsp3) is 0.194. The maximum Gasteiger partial charge on any atom is 0.141 e. The van der Waals surface area contributed by atoms with E-state index in [-0.39, 0.29) is 29.5 Å². The minimum absolute atomic E-state index is 0.0442. The Morgan fingerprint density at radius 1 is 0.895 bits per heavy atom. The third kappa shape index (κ3) is 5.61. The van der Waals surface area contributed by atoms with Crippen molar-refractivity contribution in [3.05, 3.63) is 120 Å². The van der Waals surface area contributed by atoms with E-state index in [9.17, 15) is 19.7 Å². The second kappa shape index (κ2) is 11.7. The molecule has 5 rings (SSSR count). The van der Waals surface area contributed by atoms with E-state index in [0.717, 1.165) is 16.8 Å². The molecule has 0 aromatic heterocycles. The second-order valence-corrected chi connectivity index (χ2v) is 11.2. The van der Waals surface area contributed by atoms with E-state index in [1.165, 1.54) is 12.1 Å². The van der Waals surface area contributed by atoms with Gasteiger partial charge in [-0.25, -0.2) is 4.39 Å². The molecule has 7 heteroatoms. The first-order valence-electron chi connectivity index (χ1n) is 12.5. The van der Waals surface area contributed by atoms with Crippen LogP contribution in [-0.4, -0.2) is 24.9 Å². The van der Waals surface area contributed by atoms with Crippen molar-refractivity contribution in [3.8, 4) is 16.9 Å². The van der Waals surface area contributed by atoms with Gasteiger partial charge in [-0.15, -0.1) is 0 Å². The van der Waals surface area contributed by atoms with Crippen molar-refractivity contribution in [2.45, 2.75) is 36.8 Å². The Morgan fingerprint density at radius 3 is 2.24 bits per heavy atom. The Balaban J connectivity index is 1.45. The van der Waals surface area contributed by atoms with Gasteiger partial charge in [-0.2, -0.15) is 0 Å². The standard InChI is InChI=1S/C31H28FNO3S2/c32-24-11-7-23(8-12-24)27(35)16-17-29-30(26-15-6-20(19-34)18-28(26)36)33(31(37)38-29)25-13-9-22(10-14-25)21-4-2-1-3-5-21/h1-15,18,27,29-30,34-36H,16-17,19H2/t27-,29-,30+/m0/s1. The van der Waals surface area contributed by atoms with Crippen LogP contribution < -0.4 is 4.90 Å². The van der Waals surface area contributed by atoms with Gasteiger partial charge in [-0.05, 0) is 65.4 Å². The summed E-state index contributed by atoms with van der Waals surface area (Å²) < 4.78 is 14.0. The van der Waals surface area contributed by atoms with Crippen LogP contribution in [0.15, 0.2) is 97.1 Å². The van der Waals surface area contributed by atoms with Crippen LogP contribution in [0.1, 0.15) is 41.7 Å². The number of nitrogens with zero attached hydrogens (tertiary/aromatic N) is 1. The fourth-order valence-electron chi connectivity index (χ4n) is 4.91. The van der Waals surface area contributed by atoms with Crippen molar-refractivity contribution in [3.63, 3.8) is 0 Å². The SMILES string of the molecule is OCc1ccc([C@@H]2[C@H](CC[C@H](O)c3ccc(F)cc3)SC(=S)N2c2ccc(-c3ccccc3)cc2)c(O)c1. The van der Waals surface area contributed by atoms with Crippen LogP contribution in [-0.2, 0) is 6.61 Å². The topological polar surface area (TPSA) is 63.9 Å². The van der Waals surface area contributed by atoms with Crippen molar-refractivity contribution in [2.24, 2.45) is 0 Å². The smallest absolute Gasteiger partial charge is 0.141 e. The minimum Gasteiger partial charge on any atom is -0.508 e. The van der Waals surface area contributed by atoms with Crippen molar-refractivity contribution >= 4 is 34.0 Å². The van der Waals surface area contributed by atoms with Crippen LogP contribution in [0.5, 0.6) is 5.75 Å². The van der Waals surface area contributed by atoms with Gasteiger partial charge in [0.1, 0.15) is 15.9 Å². The lowest BCUT2D eigenvalue weighted by atomic mass is 9.94. The molecule has 4 aromatic carbocycles. The first-order chi connectivity index (χ1) is 18.4. The highest BCUT2D eigenvalue weighted by molar-refractivity contribution is 8.24. The summed E-state index contributed by atoms with van der Waals surface area (Å²) in [5, 5.41) is 31.2. The number of thioether (sulfide) groups is 1. The van der Waals surface area contributed by atoms with Crippen LogP contribution in [0, 0.1) is 5.82 Å². The first kappa shape index (κ1) is 26.4. The molecule has 1 heterocycles. The Bertz CT molecular complexity index is 1400. The molecule has 194 valence electrons. The van der Waals surface area contributed by atoms with Gasteiger partial charge in [0.2, 0.25) is 0 Å². The number of phenolic OH excluding ortho intramolecular Hbond substituents is 1. The summed E-state index contributed by atoms with van der Waals surface area (Å²) in [6, 6.07) is 29.2. The summed E-state index contributed by atoms with van der Waals surface area (Å²) in [6.07, 6.45) is 0.335. The van der Waals surface area contributed by atoms with E-state index >= 15 is 0 Å². The quantitative estimate of drug-likeness (QED) is 0.204. The fourth-order valence-corrected chi connectivity index (χ4v) is 6.74. The number of anilines is 1. The van der Waals surface area contributed by atoms with E-state index in [0.29, 0.717) is 33.9 Å². The van der Waals surface area contributed by atoms with Gasteiger partial charge in [0.25, 0.3) is 0 Å². The average Bonchev–Trinajstić information content (AvgIpc) is 3.28. The van der Waals surface area contributed by atoms with Crippen LogP contribution >= 0.6 is 24.0 Å². The molecule has 3 atom stereocenters. The molecule has 1 fully saturated rings. The summed E-state index contributed by atoms with van der Waals surface area (Å²) >= 11 is 7.40. The zero-order chi connectivity index (χ0) is 26.6. The summed E-state index contributed by atoms with van der Waals surface area (Å²) in [6.45, 7) is -0.163. The minimum atomic E-state index is -0.741. The molecule has 4 aromatic rings. The second-order valence-electron chi connectivity index (χ2n) is 9.35. The van der Waals surface area contributed by atoms with Gasteiger partial charge in [0, 0.05) is 16.5 Å². The Labute approximate surface area is 231 Å². The van der Waals surface area contributed by atoms with Crippen LogP contribution in [0.2, 0.25) is 0 Å². The molecule has 1 aliphatic heterocycles. The normalized spacial score (nSPS) is 18.1. The molecule has 0 bridgehead atoms. The summed E-state index contributed by atoms with van der Waals surface area (Å²) in [7, 11) is 0. The highest BCUT2D eigenvalue weighted by Gasteiger charge is 2.41. The van der Waals surface area contributed by atoms with Crippen LogP contribution in [0.3, 0.4) is 0 Å². The number of halogens is 1. The zero-order valence-electron chi connectivity index (χ0n) is 20.6. The number of phenols is 1. The molecular formula is C31H28FNO3S2. The number of aromatic hydroxyl groups is 1. The van der Waals surface area contributed by atoms with Gasteiger partial charge in [0.05, 0.1) is 18.8 Å². The number of aliphatic hydroxyl groups is 2. The largest absolute Gasteiger partial charge is 0.508 e. The molecule has 0 aliphatic carbocycles. The number of aliphatic hydroxyl groups excluding tert-OH is 2. The zero-order valence-corrected chi connectivity index (χ0v) is 22.2. The lowest BCUT2D eigenvalue weighted by Crippen LogP contribution is -2.29. The van der Waals surface area contributed by atoms with Crippen molar-refractivity contribution in [1.82, 2.24) is 0 Å². The third-order valence-electron chi connectivity index (χ3n) is 6.91. The van der Waals surface area contributed by atoms with Crippen LogP contribution in [0.4, 0.5) is 10.1 Å². The van der Waals surface area contributed by atoms with E-state index < -0.39 is 6.10 Å². The molecule has 4 nitrogen and oxygen atoms in total.